The lowest BCUT2D eigenvalue weighted by molar-refractivity contribution is -0.0500. The lowest BCUT2D eigenvalue weighted by Crippen LogP contribution is -2.40. The Kier molecular flexibility index (Phi) is 10.1. The van der Waals surface area contributed by atoms with Gasteiger partial charge in [0.1, 0.15) is 28.6 Å². The molecular formula is C30H32F4N4O7S. The number of alkyl carbamates (subject to hydrolysis) is 1. The van der Waals surface area contributed by atoms with Gasteiger partial charge in [-0.15, -0.1) is 0 Å². The summed E-state index contributed by atoms with van der Waals surface area (Å²) in [5.41, 5.74) is -6.11. The molecule has 1 aromatic heterocycles. The first kappa shape index (κ1) is 34.4. The SMILES string of the molecule is COc1cccc(F)c1-c1nccc(C(=O)Nc2ccc(OS(=O)(=O)C(F)(F)F)cc2C2CCC(NC(=O)OC(C)(C)C)CC2)n1. The van der Waals surface area contributed by atoms with E-state index in [1.807, 2.05) is 0 Å². The largest absolute Gasteiger partial charge is 0.534 e. The monoisotopic (exact) mass is 668 g/mol. The molecule has 1 fully saturated rings. The van der Waals surface area contributed by atoms with Crippen molar-refractivity contribution in [1.29, 1.82) is 0 Å². The minimum Gasteiger partial charge on any atom is -0.496 e. The van der Waals surface area contributed by atoms with E-state index in [1.54, 1.807) is 20.8 Å². The third-order valence-electron chi connectivity index (χ3n) is 6.96. The topological polar surface area (TPSA) is 146 Å². The van der Waals surface area contributed by atoms with E-state index in [4.69, 9.17) is 9.47 Å². The Morgan fingerprint density at radius 1 is 1.00 bits per heavy atom. The van der Waals surface area contributed by atoms with Gasteiger partial charge in [0, 0.05) is 17.9 Å². The Labute approximate surface area is 262 Å². The molecule has 1 saturated carbocycles. The summed E-state index contributed by atoms with van der Waals surface area (Å²) in [6.07, 6.45) is 2.43. The molecule has 1 heterocycles. The van der Waals surface area contributed by atoms with E-state index in [-0.39, 0.29) is 40.5 Å². The van der Waals surface area contributed by atoms with Crippen LogP contribution >= 0.6 is 0 Å². The lowest BCUT2D eigenvalue weighted by atomic mass is 9.81. The number of anilines is 1. The van der Waals surface area contributed by atoms with Crippen LogP contribution in [0.3, 0.4) is 0 Å². The number of rotatable bonds is 8. The van der Waals surface area contributed by atoms with Crippen molar-refractivity contribution >= 4 is 27.8 Å². The van der Waals surface area contributed by atoms with Crippen LogP contribution in [0.4, 0.5) is 28.0 Å². The second-order valence-electron chi connectivity index (χ2n) is 11.5. The van der Waals surface area contributed by atoms with E-state index >= 15 is 0 Å². The van der Waals surface area contributed by atoms with Crippen LogP contribution in [0.5, 0.6) is 11.5 Å². The van der Waals surface area contributed by atoms with Gasteiger partial charge in [-0.2, -0.15) is 21.6 Å². The summed E-state index contributed by atoms with van der Waals surface area (Å²) in [4.78, 5) is 33.8. The Bertz CT molecular complexity index is 1700. The summed E-state index contributed by atoms with van der Waals surface area (Å²) in [5.74, 6) is -2.39. The standard InChI is InChI=1S/C30H32F4N4O7S/c1-29(2,3)44-28(40)36-18-10-8-17(9-11-18)20-16-19(45-46(41,42)30(32,33)34)12-13-22(20)38-27(39)23-14-15-35-26(37-23)25-21(31)6-5-7-24(25)43-4/h5-7,12-18H,8-11H2,1-4H3,(H,36,40)(H,38,39). The van der Waals surface area contributed by atoms with Crippen molar-refractivity contribution in [3.05, 3.63) is 65.7 Å². The molecule has 0 saturated heterocycles. The number of carbonyl (C=O) groups is 2. The van der Waals surface area contributed by atoms with Gasteiger partial charge in [-0.05, 0) is 94.3 Å². The number of methoxy groups -OCH3 is 1. The van der Waals surface area contributed by atoms with Gasteiger partial charge in [0.15, 0.2) is 5.82 Å². The highest BCUT2D eigenvalue weighted by atomic mass is 32.2. The molecular weight excluding hydrogens is 636 g/mol. The minimum absolute atomic E-state index is 0.0653. The van der Waals surface area contributed by atoms with Crippen LogP contribution in [0.2, 0.25) is 0 Å². The molecule has 0 bridgehead atoms. The number of alkyl halides is 3. The molecule has 2 amide bonds. The fraction of sp³-hybridized carbons (Fsp3) is 0.400. The summed E-state index contributed by atoms with van der Waals surface area (Å²) < 4.78 is 92.0. The van der Waals surface area contributed by atoms with Gasteiger partial charge in [-0.3, -0.25) is 4.79 Å². The van der Waals surface area contributed by atoms with Crippen molar-refractivity contribution in [2.75, 3.05) is 12.4 Å². The first-order valence-corrected chi connectivity index (χ1v) is 15.5. The fourth-order valence-corrected chi connectivity index (χ4v) is 5.38. The van der Waals surface area contributed by atoms with Crippen LogP contribution in [-0.2, 0) is 14.9 Å². The summed E-state index contributed by atoms with van der Waals surface area (Å²) in [6, 6.07) is 8.48. The third-order valence-corrected chi connectivity index (χ3v) is 7.93. The molecule has 0 unspecified atom stereocenters. The normalized spacial score (nSPS) is 17.1. The zero-order valence-corrected chi connectivity index (χ0v) is 26.1. The van der Waals surface area contributed by atoms with Crippen LogP contribution < -0.4 is 19.6 Å². The zero-order valence-electron chi connectivity index (χ0n) is 25.3. The number of hydrogen-bond acceptors (Lipinski definition) is 9. The molecule has 11 nitrogen and oxygen atoms in total. The zero-order chi connectivity index (χ0) is 33.9. The van der Waals surface area contributed by atoms with Crippen molar-refractivity contribution in [3.8, 4) is 22.9 Å². The molecule has 1 aliphatic rings. The number of nitrogens with one attached hydrogen (secondary N) is 2. The van der Waals surface area contributed by atoms with E-state index in [9.17, 15) is 35.6 Å². The lowest BCUT2D eigenvalue weighted by Gasteiger charge is -2.31. The second-order valence-corrected chi connectivity index (χ2v) is 13.0. The maximum absolute atomic E-state index is 14.6. The van der Waals surface area contributed by atoms with E-state index < -0.39 is 44.8 Å². The van der Waals surface area contributed by atoms with Crippen LogP contribution in [0, 0.1) is 5.82 Å². The number of ether oxygens (including phenoxy) is 2. The maximum Gasteiger partial charge on any atom is 0.534 e. The first-order chi connectivity index (χ1) is 21.5. The third kappa shape index (κ3) is 8.41. The Morgan fingerprint density at radius 2 is 1.70 bits per heavy atom. The predicted molar refractivity (Wildman–Crippen MR) is 158 cm³/mol. The second kappa shape index (κ2) is 13.5. The van der Waals surface area contributed by atoms with Crippen molar-refractivity contribution < 1.29 is 49.2 Å². The van der Waals surface area contributed by atoms with Crippen molar-refractivity contribution in [2.45, 2.75) is 69.5 Å². The molecule has 248 valence electrons. The molecule has 0 radical (unpaired) electrons. The van der Waals surface area contributed by atoms with E-state index in [2.05, 4.69) is 24.8 Å². The number of benzene rings is 2. The smallest absolute Gasteiger partial charge is 0.496 e. The summed E-state index contributed by atoms with van der Waals surface area (Å²) in [7, 11) is -4.62. The van der Waals surface area contributed by atoms with Gasteiger partial charge in [0.05, 0.1) is 12.7 Å². The minimum atomic E-state index is -5.96. The first-order valence-electron chi connectivity index (χ1n) is 14.1. The van der Waals surface area contributed by atoms with Crippen molar-refractivity contribution in [1.82, 2.24) is 15.3 Å². The number of aromatic nitrogens is 2. The number of carbonyl (C=O) groups excluding carboxylic acids is 2. The number of amides is 2. The van der Waals surface area contributed by atoms with Crippen LogP contribution in [0.1, 0.15) is 68.4 Å². The molecule has 0 atom stereocenters. The van der Waals surface area contributed by atoms with Gasteiger partial charge in [-0.25, -0.2) is 19.2 Å². The summed E-state index contributed by atoms with van der Waals surface area (Å²) in [6.45, 7) is 5.19. The molecule has 1 aliphatic carbocycles. The highest BCUT2D eigenvalue weighted by Crippen LogP contribution is 2.40. The molecule has 4 rings (SSSR count). The average Bonchev–Trinajstić information content (AvgIpc) is 2.96. The Morgan fingerprint density at radius 3 is 2.33 bits per heavy atom. The fourth-order valence-electron chi connectivity index (χ4n) is 4.92. The van der Waals surface area contributed by atoms with Gasteiger partial charge in [0.2, 0.25) is 0 Å². The average molecular weight is 669 g/mol. The molecule has 0 aliphatic heterocycles. The van der Waals surface area contributed by atoms with Crippen LogP contribution in [0.25, 0.3) is 11.4 Å². The van der Waals surface area contributed by atoms with E-state index in [1.165, 1.54) is 43.6 Å². The van der Waals surface area contributed by atoms with Gasteiger partial charge >= 0.3 is 21.7 Å². The van der Waals surface area contributed by atoms with Gasteiger partial charge in [0.25, 0.3) is 5.91 Å². The highest BCUT2D eigenvalue weighted by molar-refractivity contribution is 7.88. The summed E-state index contributed by atoms with van der Waals surface area (Å²) in [5, 5.41) is 5.46. The van der Waals surface area contributed by atoms with E-state index in [0.717, 1.165) is 12.1 Å². The molecule has 0 spiro atoms. The quantitative estimate of drug-likeness (QED) is 0.160. The molecule has 46 heavy (non-hydrogen) atoms. The molecule has 16 heteroatoms. The Balaban J connectivity index is 1.61. The number of nitrogens with zero attached hydrogens (tertiary/aromatic N) is 2. The van der Waals surface area contributed by atoms with Gasteiger partial charge < -0.3 is 24.3 Å². The number of hydrogen-bond donors (Lipinski definition) is 2. The predicted octanol–water partition coefficient (Wildman–Crippen LogP) is 6.32. The van der Waals surface area contributed by atoms with Crippen molar-refractivity contribution in [3.63, 3.8) is 0 Å². The van der Waals surface area contributed by atoms with Crippen LogP contribution in [-0.4, -0.2) is 54.6 Å². The Hall–Kier alpha value is -4.47. The van der Waals surface area contributed by atoms with Gasteiger partial charge in [-0.1, -0.05) is 6.07 Å². The maximum atomic E-state index is 14.6. The molecule has 3 aromatic rings. The summed E-state index contributed by atoms with van der Waals surface area (Å²) >= 11 is 0. The van der Waals surface area contributed by atoms with Crippen LogP contribution in [0.15, 0.2) is 48.7 Å². The molecule has 2 aromatic carbocycles. The number of halogens is 4. The highest BCUT2D eigenvalue weighted by Gasteiger charge is 2.48. The van der Waals surface area contributed by atoms with E-state index in [0.29, 0.717) is 31.2 Å². The molecule has 2 N–H and O–H groups in total. The van der Waals surface area contributed by atoms with Crippen molar-refractivity contribution in [2.24, 2.45) is 0 Å².